The van der Waals surface area contributed by atoms with Crippen LogP contribution in [0, 0.1) is 29.1 Å². The van der Waals surface area contributed by atoms with E-state index in [0.29, 0.717) is 17.6 Å². The van der Waals surface area contributed by atoms with Gasteiger partial charge in [-0.15, -0.1) is 0 Å². The van der Waals surface area contributed by atoms with E-state index in [2.05, 4.69) is 6.92 Å². The van der Waals surface area contributed by atoms with E-state index in [0.717, 1.165) is 25.7 Å². The molecule has 0 aliphatic heterocycles. The Hall–Kier alpha value is -2.03. The van der Waals surface area contributed by atoms with Crippen molar-refractivity contribution in [2.45, 2.75) is 109 Å². The van der Waals surface area contributed by atoms with Gasteiger partial charge in [-0.05, 0) is 24.5 Å². The third kappa shape index (κ3) is 3.93. The molecular formula is C30H44O8. The highest BCUT2D eigenvalue weighted by atomic mass is 16.6. The van der Waals surface area contributed by atoms with Gasteiger partial charge in [0, 0.05) is 42.9 Å². The first-order valence-electron chi connectivity index (χ1n) is 14.1. The SMILES string of the molecule is CCCCCCCC(=O)O[C@]12[C@H](C)[C@@H](O)[C@]3(OC(C)=O)[C@H]([C@@H]1C=C(CO)C[C@]1(O)C(=O)C(C)=C[C@@H]21)C3(C)C. The number of fused-ring (bicyclic) bond motifs is 5. The second-order valence-corrected chi connectivity index (χ2v) is 12.6. The van der Waals surface area contributed by atoms with E-state index >= 15 is 0 Å². The number of esters is 2. The molecule has 0 unspecified atom stereocenters. The Morgan fingerprint density at radius 3 is 2.37 bits per heavy atom. The fourth-order valence-corrected chi connectivity index (χ4v) is 8.22. The Kier molecular flexibility index (Phi) is 7.52. The second-order valence-electron chi connectivity index (χ2n) is 12.6. The average Bonchev–Trinajstić information content (AvgIpc) is 3.28. The smallest absolute Gasteiger partial charge is 0.306 e. The molecule has 0 spiro atoms. The molecule has 3 N–H and O–H groups in total. The fraction of sp³-hybridized carbons (Fsp3) is 0.767. The Labute approximate surface area is 225 Å². The van der Waals surface area contributed by atoms with Crippen LogP contribution in [0.1, 0.15) is 86.5 Å². The summed E-state index contributed by atoms with van der Waals surface area (Å²) < 4.78 is 12.3. The second kappa shape index (κ2) is 9.86. The number of hydrogen-bond acceptors (Lipinski definition) is 8. The molecule has 8 heteroatoms. The van der Waals surface area contributed by atoms with Crippen LogP contribution in [-0.4, -0.2) is 62.6 Å². The van der Waals surface area contributed by atoms with Crippen molar-refractivity contribution < 1.29 is 39.2 Å². The van der Waals surface area contributed by atoms with Gasteiger partial charge in [0.2, 0.25) is 0 Å². The summed E-state index contributed by atoms with van der Waals surface area (Å²) in [5.41, 5.74) is -4.50. The lowest BCUT2D eigenvalue weighted by Gasteiger charge is -2.54. The average molecular weight is 533 g/mol. The highest BCUT2D eigenvalue weighted by molar-refractivity contribution is 6.05. The lowest BCUT2D eigenvalue weighted by molar-refractivity contribution is -0.234. The van der Waals surface area contributed by atoms with Crippen LogP contribution in [0.4, 0.5) is 0 Å². The monoisotopic (exact) mass is 532 g/mol. The van der Waals surface area contributed by atoms with Gasteiger partial charge in [-0.3, -0.25) is 14.4 Å². The van der Waals surface area contributed by atoms with E-state index in [9.17, 15) is 29.7 Å². The topological polar surface area (TPSA) is 130 Å². The fourth-order valence-electron chi connectivity index (χ4n) is 8.22. The number of aliphatic hydroxyl groups is 3. The number of ether oxygens (including phenoxy) is 2. The number of carbonyl (C=O) groups excluding carboxylic acids is 3. The zero-order valence-electron chi connectivity index (χ0n) is 23.6. The maximum absolute atomic E-state index is 13.5. The van der Waals surface area contributed by atoms with E-state index in [1.54, 1.807) is 26.0 Å². The number of hydrogen-bond donors (Lipinski definition) is 3. The molecule has 0 radical (unpaired) electrons. The summed E-state index contributed by atoms with van der Waals surface area (Å²) in [7, 11) is 0. The van der Waals surface area contributed by atoms with Crippen LogP contribution >= 0.6 is 0 Å². The third-order valence-corrected chi connectivity index (χ3v) is 10.0. The normalized spacial score (nSPS) is 40.7. The minimum absolute atomic E-state index is 0.107. The minimum Gasteiger partial charge on any atom is -0.457 e. The van der Waals surface area contributed by atoms with Crippen molar-refractivity contribution in [2.24, 2.45) is 29.1 Å². The summed E-state index contributed by atoms with van der Waals surface area (Å²) in [5.74, 6) is -4.25. The summed E-state index contributed by atoms with van der Waals surface area (Å²) in [4.78, 5) is 39.1. The van der Waals surface area contributed by atoms with Crippen molar-refractivity contribution in [3.05, 3.63) is 23.3 Å². The van der Waals surface area contributed by atoms with Crippen molar-refractivity contribution in [2.75, 3.05) is 6.61 Å². The summed E-state index contributed by atoms with van der Waals surface area (Å²) >= 11 is 0. The van der Waals surface area contributed by atoms with Gasteiger partial charge in [-0.1, -0.05) is 65.5 Å². The first kappa shape index (κ1) is 29.0. The van der Waals surface area contributed by atoms with E-state index in [-0.39, 0.29) is 19.4 Å². The number of ketones is 1. The van der Waals surface area contributed by atoms with Gasteiger partial charge in [0.1, 0.15) is 22.9 Å². The third-order valence-electron chi connectivity index (χ3n) is 10.0. The largest absolute Gasteiger partial charge is 0.457 e. The van der Waals surface area contributed by atoms with Crippen molar-refractivity contribution in [3.63, 3.8) is 0 Å². The summed E-state index contributed by atoms with van der Waals surface area (Å²) in [6, 6.07) is 0. The van der Waals surface area contributed by atoms with Gasteiger partial charge in [0.15, 0.2) is 5.78 Å². The molecule has 2 fully saturated rings. The van der Waals surface area contributed by atoms with Gasteiger partial charge in [-0.25, -0.2) is 0 Å². The van der Waals surface area contributed by atoms with Crippen LogP contribution in [0.15, 0.2) is 23.3 Å². The molecule has 4 aliphatic rings. The van der Waals surface area contributed by atoms with Crippen molar-refractivity contribution in [3.8, 4) is 0 Å². The lowest BCUT2D eigenvalue weighted by atomic mass is 9.58. The zero-order chi connectivity index (χ0) is 28.3. The van der Waals surface area contributed by atoms with Gasteiger partial charge in [0.05, 0.1) is 12.5 Å². The molecule has 0 aromatic rings. The molecule has 38 heavy (non-hydrogen) atoms. The van der Waals surface area contributed by atoms with Gasteiger partial charge >= 0.3 is 11.9 Å². The van der Waals surface area contributed by atoms with Crippen LogP contribution < -0.4 is 0 Å². The van der Waals surface area contributed by atoms with Crippen LogP contribution in [-0.2, 0) is 23.9 Å². The standard InChI is InChI=1S/C30H44O8/c1-7-8-9-10-11-12-23(33)38-29-18(3)26(35)30(37-19(4)32)24(27(30,5)6)21(29)14-20(16-31)15-28(36)22(29)13-17(2)25(28)34/h13-14,18,21-22,24,26,31,35-36H,7-12,15-16H2,1-6H3/t18-,21+,22-,24-,26-,28-,29-,30-/m1/s1. The summed E-state index contributed by atoms with van der Waals surface area (Å²) in [6.07, 6.45) is 7.10. The van der Waals surface area contributed by atoms with Crippen LogP contribution in [0.5, 0.6) is 0 Å². The molecule has 0 saturated heterocycles. The molecular weight excluding hydrogens is 488 g/mol. The first-order chi connectivity index (χ1) is 17.7. The molecule has 0 amide bonds. The van der Waals surface area contributed by atoms with Crippen LogP contribution in [0.25, 0.3) is 0 Å². The number of rotatable bonds is 9. The summed E-state index contributed by atoms with van der Waals surface area (Å²) in [5, 5.41) is 34.0. The van der Waals surface area contributed by atoms with E-state index < -0.39 is 69.7 Å². The van der Waals surface area contributed by atoms with E-state index in [1.807, 2.05) is 13.8 Å². The number of aliphatic hydroxyl groups excluding tert-OH is 2. The maximum Gasteiger partial charge on any atom is 0.306 e. The Morgan fingerprint density at radius 2 is 1.76 bits per heavy atom. The van der Waals surface area contributed by atoms with Crippen LogP contribution in [0.2, 0.25) is 0 Å². The molecule has 0 bridgehead atoms. The maximum atomic E-state index is 13.5. The van der Waals surface area contributed by atoms with Crippen molar-refractivity contribution in [1.82, 2.24) is 0 Å². The molecule has 0 aromatic heterocycles. The Morgan fingerprint density at radius 1 is 1.11 bits per heavy atom. The molecule has 4 rings (SSSR count). The molecule has 0 aromatic carbocycles. The molecule has 4 aliphatic carbocycles. The Balaban J connectivity index is 1.85. The molecule has 0 heterocycles. The number of carbonyl (C=O) groups is 3. The van der Waals surface area contributed by atoms with Crippen molar-refractivity contribution in [1.29, 1.82) is 0 Å². The first-order valence-corrected chi connectivity index (χ1v) is 14.1. The van der Waals surface area contributed by atoms with E-state index in [4.69, 9.17) is 9.47 Å². The molecule has 8 nitrogen and oxygen atoms in total. The molecule has 2 saturated carbocycles. The van der Waals surface area contributed by atoms with Gasteiger partial charge in [0.25, 0.3) is 0 Å². The van der Waals surface area contributed by atoms with Gasteiger partial charge < -0.3 is 24.8 Å². The number of unbranched alkanes of at least 4 members (excludes halogenated alkanes) is 4. The highest BCUT2D eigenvalue weighted by Crippen LogP contribution is 2.77. The van der Waals surface area contributed by atoms with E-state index in [1.165, 1.54) is 6.92 Å². The Bertz CT molecular complexity index is 1060. The van der Waals surface area contributed by atoms with Crippen LogP contribution in [0.3, 0.4) is 0 Å². The zero-order valence-corrected chi connectivity index (χ0v) is 23.6. The van der Waals surface area contributed by atoms with Crippen molar-refractivity contribution >= 4 is 17.7 Å². The minimum atomic E-state index is -1.93. The molecule has 8 atom stereocenters. The van der Waals surface area contributed by atoms with Gasteiger partial charge in [-0.2, -0.15) is 0 Å². The predicted octanol–water partition coefficient (Wildman–Crippen LogP) is 3.41. The lowest BCUT2D eigenvalue weighted by Crippen LogP contribution is -2.67. The summed E-state index contributed by atoms with van der Waals surface area (Å²) in [6.45, 7) is 10.2. The predicted molar refractivity (Wildman–Crippen MR) is 140 cm³/mol. The molecule has 212 valence electrons. The highest BCUT2D eigenvalue weighted by Gasteiger charge is 2.87. The number of Topliss-reactive ketones (excluding diaryl/α,β-unsaturated/α-hetero) is 1. The quantitative estimate of drug-likeness (QED) is 0.234.